The molecular weight excluding hydrogens is 238 g/mol. The van der Waals surface area contributed by atoms with Crippen LogP contribution < -0.4 is 0 Å². The zero-order valence-electron chi connectivity index (χ0n) is 7.07. The molecule has 0 bridgehead atoms. The van der Waals surface area contributed by atoms with Crippen molar-refractivity contribution in [2.75, 3.05) is 5.75 Å². The van der Waals surface area contributed by atoms with Gasteiger partial charge in [0.25, 0.3) is 0 Å². The van der Waals surface area contributed by atoms with E-state index < -0.39 is 0 Å². The fourth-order valence-corrected chi connectivity index (χ4v) is 2.97. The van der Waals surface area contributed by atoms with E-state index in [4.69, 9.17) is 11.6 Å². The van der Waals surface area contributed by atoms with E-state index in [1.807, 2.05) is 18.2 Å². The Balaban J connectivity index is 2.36. The number of nitrogens with zero attached hydrogens (tertiary/aromatic N) is 1. The summed E-state index contributed by atoms with van der Waals surface area (Å²) in [5.74, 6) is 0.452. The molecule has 0 saturated carbocycles. The maximum atomic E-state index is 10.2. The molecule has 0 fully saturated rings. The minimum atomic E-state index is 0.452. The lowest BCUT2D eigenvalue weighted by Gasteiger charge is -1.86. The minimum Gasteiger partial charge on any atom is -0.302 e. The van der Waals surface area contributed by atoms with Gasteiger partial charge < -0.3 is 4.79 Å². The lowest BCUT2D eigenvalue weighted by molar-refractivity contribution is -0.105. The number of thiazole rings is 1. The van der Waals surface area contributed by atoms with Crippen LogP contribution in [0.4, 0.5) is 0 Å². The largest absolute Gasteiger partial charge is 0.302 e. The molecular formula is C9H6ClNOS2. The highest BCUT2D eigenvalue weighted by molar-refractivity contribution is 8.01. The van der Waals surface area contributed by atoms with E-state index in [1.165, 1.54) is 11.8 Å². The molecule has 0 spiro atoms. The molecule has 0 unspecified atom stereocenters. The Morgan fingerprint density at radius 2 is 2.43 bits per heavy atom. The van der Waals surface area contributed by atoms with Crippen molar-refractivity contribution >= 4 is 51.2 Å². The predicted octanol–water partition coefficient (Wildman–Crippen LogP) is 3.24. The number of thioether (sulfide) groups is 1. The summed E-state index contributed by atoms with van der Waals surface area (Å²) in [5, 5.41) is 0.690. The molecule has 0 aliphatic carbocycles. The summed E-state index contributed by atoms with van der Waals surface area (Å²) >= 11 is 8.86. The third kappa shape index (κ3) is 2.08. The molecule has 1 heterocycles. The second-order valence-electron chi connectivity index (χ2n) is 2.57. The quantitative estimate of drug-likeness (QED) is 0.612. The van der Waals surface area contributed by atoms with Gasteiger partial charge in [-0.15, -0.1) is 11.3 Å². The van der Waals surface area contributed by atoms with Crippen LogP contribution in [0.15, 0.2) is 22.5 Å². The summed E-state index contributed by atoms with van der Waals surface area (Å²) in [6.07, 6.45) is 0.879. The maximum Gasteiger partial charge on any atom is 0.151 e. The Morgan fingerprint density at radius 1 is 1.57 bits per heavy atom. The molecule has 0 saturated heterocycles. The van der Waals surface area contributed by atoms with Gasteiger partial charge in [0, 0.05) is 5.02 Å². The first-order valence-corrected chi connectivity index (χ1v) is 6.10. The minimum absolute atomic E-state index is 0.452. The molecule has 0 aliphatic rings. The first-order chi connectivity index (χ1) is 6.79. The van der Waals surface area contributed by atoms with Crippen LogP contribution in [0.5, 0.6) is 0 Å². The summed E-state index contributed by atoms with van der Waals surface area (Å²) in [6.45, 7) is 0. The van der Waals surface area contributed by atoms with Gasteiger partial charge in [-0.25, -0.2) is 4.98 Å². The fourth-order valence-electron chi connectivity index (χ4n) is 1.05. The van der Waals surface area contributed by atoms with Crippen molar-refractivity contribution in [3.63, 3.8) is 0 Å². The number of carbonyl (C=O) groups is 1. The van der Waals surface area contributed by atoms with Crippen molar-refractivity contribution in [3.8, 4) is 0 Å². The number of hydrogen-bond donors (Lipinski definition) is 0. The Bertz CT molecular complexity index is 469. The van der Waals surface area contributed by atoms with E-state index in [0.29, 0.717) is 10.8 Å². The average molecular weight is 244 g/mol. The first-order valence-electron chi connectivity index (χ1n) is 3.92. The predicted molar refractivity (Wildman–Crippen MR) is 61.4 cm³/mol. The highest BCUT2D eigenvalue weighted by Crippen LogP contribution is 2.30. The molecule has 0 aliphatic heterocycles. The van der Waals surface area contributed by atoms with E-state index in [-0.39, 0.29) is 0 Å². The van der Waals surface area contributed by atoms with Gasteiger partial charge in [0.05, 0.1) is 16.0 Å². The Labute approximate surface area is 94.3 Å². The number of hydrogen-bond acceptors (Lipinski definition) is 4. The molecule has 0 atom stereocenters. The zero-order valence-corrected chi connectivity index (χ0v) is 9.46. The van der Waals surface area contributed by atoms with Crippen LogP contribution in [0.3, 0.4) is 0 Å². The summed E-state index contributed by atoms with van der Waals surface area (Å²) in [5.41, 5.74) is 0.899. The van der Waals surface area contributed by atoms with E-state index in [9.17, 15) is 4.79 Å². The first kappa shape index (κ1) is 9.96. The van der Waals surface area contributed by atoms with Gasteiger partial charge in [0.1, 0.15) is 6.29 Å². The molecule has 2 aromatic rings. The topological polar surface area (TPSA) is 30.0 Å². The van der Waals surface area contributed by atoms with Crippen LogP contribution in [0.2, 0.25) is 5.02 Å². The van der Waals surface area contributed by atoms with E-state index in [0.717, 1.165) is 20.8 Å². The number of aldehydes is 1. The second kappa shape index (κ2) is 4.29. The van der Waals surface area contributed by atoms with Crippen LogP contribution in [0.1, 0.15) is 0 Å². The van der Waals surface area contributed by atoms with Gasteiger partial charge in [-0.1, -0.05) is 23.4 Å². The lowest BCUT2D eigenvalue weighted by atomic mass is 10.3. The third-order valence-corrected chi connectivity index (χ3v) is 3.92. The van der Waals surface area contributed by atoms with Gasteiger partial charge in [0.2, 0.25) is 0 Å². The molecule has 0 N–H and O–H groups in total. The van der Waals surface area contributed by atoms with E-state index in [2.05, 4.69) is 4.98 Å². The highest BCUT2D eigenvalue weighted by atomic mass is 35.5. The van der Waals surface area contributed by atoms with Crippen LogP contribution >= 0.6 is 34.7 Å². The van der Waals surface area contributed by atoms with Crippen LogP contribution in [0.25, 0.3) is 10.2 Å². The molecule has 0 radical (unpaired) electrons. The summed E-state index contributed by atoms with van der Waals surface area (Å²) in [4.78, 5) is 14.5. The number of benzene rings is 1. The summed E-state index contributed by atoms with van der Waals surface area (Å²) < 4.78 is 2.01. The molecule has 72 valence electrons. The number of fused-ring (bicyclic) bond motifs is 1. The van der Waals surface area contributed by atoms with Crippen molar-refractivity contribution in [2.45, 2.75) is 4.34 Å². The molecule has 14 heavy (non-hydrogen) atoms. The number of rotatable bonds is 3. The monoisotopic (exact) mass is 243 g/mol. The maximum absolute atomic E-state index is 10.2. The van der Waals surface area contributed by atoms with Gasteiger partial charge >= 0.3 is 0 Å². The van der Waals surface area contributed by atoms with Gasteiger partial charge in [0.15, 0.2) is 4.34 Å². The molecule has 1 aromatic heterocycles. The SMILES string of the molecule is O=CCSc1nc2cc(Cl)ccc2s1. The lowest BCUT2D eigenvalue weighted by Crippen LogP contribution is -1.76. The molecule has 2 nitrogen and oxygen atoms in total. The van der Waals surface area contributed by atoms with E-state index >= 15 is 0 Å². The average Bonchev–Trinajstić information content (AvgIpc) is 2.56. The number of halogens is 1. The fraction of sp³-hybridized carbons (Fsp3) is 0.111. The van der Waals surface area contributed by atoms with Crippen molar-refractivity contribution in [1.82, 2.24) is 4.98 Å². The van der Waals surface area contributed by atoms with Crippen LogP contribution in [-0.4, -0.2) is 17.0 Å². The summed E-state index contributed by atoms with van der Waals surface area (Å²) in [6, 6.07) is 5.62. The third-order valence-electron chi connectivity index (χ3n) is 1.60. The van der Waals surface area contributed by atoms with Crippen molar-refractivity contribution < 1.29 is 4.79 Å². The Morgan fingerprint density at radius 3 is 3.21 bits per heavy atom. The van der Waals surface area contributed by atoms with Crippen molar-refractivity contribution in [2.24, 2.45) is 0 Å². The number of aromatic nitrogens is 1. The molecule has 1 aromatic carbocycles. The summed E-state index contributed by atoms with van der Waals surface area (Å²) in [7, 11) is 0. The molecule has 5 heteroatoms. The number of carbonyl (C=O) groups excluding carboxylic acids is 1. The Hall–Kier alpha value is -0.580. The van der Waals surface area contributed by atoms with Crippen molar-refractivity contribution in [1.29, 1.82) is 0 Å². The van der Waals surface area contributed by atoms with Gasteiger partial charge in [-0.05, 0) is 18.2 Å². The second-order valence-corrected chi connectivity index (χ2v) is 5.30. The van der Waals surface area contributed by atoms with Crippen molar-refractivity contribution in [3.05, 3.63) is 23.2 Å². The van der Waals surface area contributed by atoms with Gasteiger partial charge in [-0.3, -0.25) is 0 Å². The molecule has 2 rings (SSSR count). The smallest absolute Gasteiger partial charge is 0.151 e. The highest BCUT2D eigenvalue weighted by Gasteiger charge is 2.03. The standard InChI is InChI=1S/C9H6ClNOS2/c10-6-1-2-8-7(5-6)11-9(14-8)13-4-3-12/h1-3,5H,4H2. The normalized spacial score (nSPS) is 10.6. The Kier molecular flexibility index (Phi) is 3.05. The van der Waals surface area contributed by atoms with Crippen LogP contribution in [0, 0.1) is 0 Å². The van der Waals surface area contributed by atoms with Gasteiger partial charge in [-0.2, -0.15) is 0 Å². The van der Waals surface area contributed by atoms with Crippen LogP contribution in [-0.2, 0) is 4.79 Å². The zero-order chi connectivity index (χ0) is 9.97. The molecule has 0 amide bonds. The van der Waals surface area contributed by atoms with E-state index in [1.54, 1.807) is 11.3 Å².